The minimum Gasteiger partial charge on any atom is -0.484 e. The van der Waals surface area contributed by atoms with Gasteiger partial charge in [0, 0.05) is 4.47 Å². The zero-order valence-corrected chi connectivity index (χ0v) is 19.0. The fourth-order valence-electron chi connectivity index (χ4n) is 3.01. The number of amides is 1. The monoisotopic (exact) mass is 502 g/mol. The zero-order chi connectivity index (χ0) is 23.0. The number of rotatable bonds is 7. The van der Waals surface area contributed by atoms with E-state index >= 15 is 0 Å². The Morgan fingerprint density at radius 3 is 2.33 bits per heavy atom. The number of hydrazone groups is 1. The molecule has 0 spiro atoms. The highest BCUT2D eigenvalue weighted by molar-refractivity contribution is 9.10. The molecule has 0 aromatic heterocycles. The van der Waals surface area contributed by atoms with Crippen molar-refractivity contribution in [2.45, 2.75) is 0 Å². The zero-order valence-electron chi connectivity index (χ0n) is 17.4. The number of halogens is 1. The molecule has 0 fully saturated rings. The van der Waals surface area contributed by atoms with Crippen molar-refractivity contribution in [3.63, 3.8) is 0 Å². The van der Waals surface area contributed by atoms with E-state index in [1.807, 2.05) is 42.5 Å². The topological polar surface area (TPSA) is 77.0 Å². The average Bonchev–Trinajstić information content (AvgIpc) is 2.84. The quantitative estimate of drug-likeness (QED) is 0.160. The maximum absolute atomic E-state index is 12.1. The number of hydrogen-bond acceptors (Lipinski definition) is 5. The number of carbonyl (C=O) groups excluding carboxylic acids is 2. The molecule has 7 heteroatoms. The number of ether oxygens (including phenoxy) is 2. The molecule has 0 heterocycles. The predicted octanol–water partition coefficient (Wildman–Crippen LogP) is 5.35. The van der Waals surface area contributed by atoms with Gasteiger partial charge in [0.15, 0.2) is 6.61 Å². The lowest BCUT2D eigenvalue weighted by Crippen LogP contribution is -2.24. The summed E-state index contributed by atoms with van der Waals surface area (Å²) < 4.78 is 11.9. The van der Waals surface area contributed by atoms with Crippen LogP contribution in [0.4, 0.5) is 0 Å². The van der Waals surface area contributed by atoms with Crippen LogP contribution in [0, 0.1) is 0 Å². The first kappa shape index (κ1) is 22.2. The fourth-order valence-corrected chi connectivity index (χ4v) is 3.39. The number of nitrogens with one attached hydrogen (secondary N) is 1. The van der Waals surface area contributed by atoms with E-state index in [2.05, 4.69) is 26.5 Å². The maximum atomic E-state index is 12.1. The van der Waals surface area contributed by atoms with Gasteiger partial charge in [0.1, 0.15) is 11.5 Å². The van der Waals surface area contributed by atoms with Crippen molar-refractivity contribution < 1.29 is 19.1 Å². The summed E-state index contributed by atoms with van der Waals surface area (Å²) in [7, 11) is 0. The SMILES string of the molecule is O=C(COc1ccc2cc(Br)ccc2c1)NN=Cc1ccc(OC(=O)c2ccccc2)cc1. The summed E-state index contributed by atoms with van der Waals surface area (Å²) in [5, 5.41) is 6.03. The van der Waals surface area contributed by atoms with Gasteiger partial charge in [0.2, 0.25) is 0 Å². The first-order valence-corrected chi connectivity index (χ1v) is 10.9. The molecule has 0 aliphatic rings. The summed E-state index contributed by atoms with van der Waals surface area (Å²) >= 11 is 3.45. The van der Waals surface area contributed by atoms with Gasteiger partial charge < -0.3 is 9.47 Å². The standard InChI is InChI=1S/C26H19BrN2O4/c27-22-10-8-21-15-24(13-9-20(21)14-22)32-17-25(30)29-28-16-18-6-11-23(12-7-18)33-26(31)19-4-2-1-3-5-19/h1-16H,17H2,(H,29,30). The minimum absolute atomic E-state index is 0.159. The Morgan fingerprint density at radius 2 is 1.55 bits per heavy atom. The Bertz CT molecular complexity index is 1310. The number of fused-ring (bicyclic) bond motifs is 1. The van der Waals surface area contributed by atoms with E-state index in [1.54, 1.807) is 48.5 Å². The van der Waals surface area contributed by atoms with Crippen molar-refractivity contribution in [2.24, 2.45) is 5.10 Å². The lowest BCUT2D eigenvalue weighted by Gasteiger charge is -2.07. The molecule has 33 heavy (non-hydrogen) atoms. The van der Waals surface area contributed by atoms with Gasteiger partial charge in [-0.05, 0) is 77.0 Å². The predicted molar refractivity (Wildman–Crippen MR) is 131 cm³/mol. The molecule has 0 saturated heterocycles. The van der Waals surface area contributed by atoms with Crippen molar-refractivity contribution in [2.75, 3.05) is 6.61 Å². The van der Waals surface area contributed by atoms with E-state index < -0.39 is 5.97 Å². The molecule has 1 amide bonds. The Morgan fingerprint density at radius 1 is 0.848 bits per heavy atom. The van der Waals surface area contributed by atoms with Crippen LogP contribution < -0.4 is 14.9 Å². The van der Waals surface area contributed by atoms with Gasteiger partial charge in [-0.15, -0.1) is 0 Å². The fraction of sp³-hybridized carbons (Fsp3) is 0.0385. The summed E-state index contributed by atoms with van der Waals surface area (Å²) in [6.07, 6.45) is 1.49. The van der Waals surface area contributed by atoms with Gasteiger partial charge in [-0.3, -0.25) is 4.79 Å². The smallest absolute Gasteiger partial charge is 0.343 e. The van der Waals surface area contributed by atoms with Gasteiger partial charge in [0.25, 0.3) is 5.91 Å². The second-order valence-electron chi connectivity index (χ2n) is 7.06. The number of benzene rings is 4. The maximum Gasteiger partial charge on any atom is 0.343 e. The first-order valence-electron chi connectivity index (χ1n) is 10.1. The summed E-state index contributed by atoms with van der Waals surface area (Å²) in [6, 6.07) is 27.1. The van der Waals surface area contributed by atoms with Gasteiger partial charge >= 0.3 is 5.97 Å². The van der Waals surface area contributed by atoms with Crippen molar-refractivity contribution in [1.29, 1.82) is 0 Å². The Kier molecular flexibility index (Phi) is 7.12. The van der Waals surface area contributed by atoms with Crippen LogP contribution in [0.5, 0.6) is 11.5 Å². The molecule has 0 aliphatic carbocycles. The number of nitrogens with zero attached hydrogens (tertiary/aromatic N) is 1. The average molecular weight is 503 g/mol. The molecule has 164 valence electrons. The summed E-state index contributed by atoms with van der Waals surface area (Å²) in [5.41, 5.74) is 3.64. The van der Waals surface area contributed by atoms with E-state index in [0.717, 1.165) is 20.8 Å². The van der Waals surface area contributed by atoms with Crippen molar-refractivity contribution >= 4 is 44.8 Å². The normalized spacial score (nSPS) is 10.8. The van der Waals surface area contributed by atoms with Crippen LogP contribution in [0.15, 0.2) is 101 Å². The molecular formula is C26H19BrN2O4. The third-order valence-electron chi connectivity index (χ3n) is 4.65. The van der Waals surface area contributed by atoms with E-state index in [9.17, 15) is 9.59 Å². The molecule has 1 N–H and O–H groups in total. The molecule has 4 aromatic carbocycles. The van der Waals surface area contributed by atoms with Crippen molar-refractivity contribution in [3.05, 3.63) is 107 Å². The molecule has 6 nitrogen and oxygen atoms in total. The van der Waals surface area contributed by atoms with E-state index in [0.29, 0.717) is 17.1 Å². The number of esters is 1. The van der Waals surface area contributed by atoms with E-state index in [1.165, 1.54) is 6.21 Å². The van der Waals surface area contributed by atoms with Crippen molar-refractivity contribution in [3.8, 4) is 11.5 Å². The van der Waals surface area contributed by atoms with Crippen LogP contribution in [0.3, 0.4) is 0 Å². The second kappa shape index (κ2) is 10.6. The van der Waals surface area contributed by atoms with Gasteiger partial charge in [-0.2, -0.15) is 5.10 Å². The molecule has 0 bridgehead atoms. The van der Waals surface area contributed by atoms with Crippen LogP contribution >= 0.6 is 15.9 Å². The van der Waals surface area contributed by atoms with Gasteiger partial charge in [0.05, 0.1) is 11.8 Å². The molecule has 0 aliphatic heterocycles. The highest BCUT2D eigenvalue weighted by Gasteiger charge is 2.07. The van der Waals surface area contributed by atoms with Crippen LogP contribution in [0.25, 0.3) is 10.8 Å². The summed E-state index contributed by atoms with van der Waals surface area (Å²) in [6.45, 7) is -0.159. The van der Waals surface area contributed by atoms with E-state index in [-0.39, 0.29) is 12.5 Å². The van der Waals surface area contributed by atoms with Crippen LogP contribution in [-0.4, -0.2) is 24.7 Å². The Hall–Kier alpha value is -3.97. The van der Waals surface area contributed by atoms with Crippen LogP contribution in [-0.2, 0) is 4.79 Å². The van der Waals surface area contributed by atoms with Crippen LogP contribution in [0.1, 0.15) is 15.9 Å². The minimum atomic E-state index is -0.427. The first-order chi connectivity index (χ1) is 16.1. The highest BCUT2D eigenvalue weighted by Crippen LogP contribution is 2.24. The Balaban J connectivity index is 1.25. The third kappa shape index (κ3) is 6.27. The number of carbonyl (C=O) groups is 2. The van der Waals surface area contributed by atoms with Crippen LogP contribution in [0.2, 0.25) is 0 Å². The van der Waals surface area contributed by atoms with E-state index in [4.69, 9.17) is 9.47 Å². The summed E-state index contributed by atoms with van der Waals surface area (Å²) in [5.74, 6) is 0.213. The lowest BCUT2D eigenvalue weighted by atomic mass is 10.1. The second-order valence-corrected chi connectivity index (χ2v) is 7.98. The highest BCUT2D eigenvalue weighted by atomic mass is 79.9. The molecule has 0 saturated carbocycles. The molecule has 0 atom stereocenters. The van der Waals surface area contributed by atoms with Crippen molar-refractivity contribution in [1.82, 2.24) is 5.43 Å². The largest absolute Gasteiger partial charge is 0.484 e. The van der Waals surface area contributed by atoms with Gasteiger partial charge in [-0.25, -0.2) is 10.2 Å². The molecule has 0 radical (unpaired) electrons. The third-order valence-corrected chi connectivity index (χ3v) is 5.14. The summed E-state index contributed by atoms with van der Waals surface area (Å²) in [4.78, 5) is 24.1. The number of hydrogen-bond donors (Lipinski definition) is 1. The lowest BCUT2D eigenvalue weighted by molar-refractivity contribution is -0.123. The Labute approximate surface area is 199 Å². The van der Waals surface area contributed by atoms with Gasteiger partial charge in [-0.1, -0.05) is 46.3 Å². The molecule has 4 aromatic rings. The molecular weight excluding hydrogens is 484 g/mol. The molecule has 4 rings (SSSR count). The molecule has 0 unspecified atom stereocenters.